The molecule has 9 nitrogen and oxygen atoms in total. The second-order valence-electron chi connectivity index (χ2n) is 9.53. The van der Waals surface area contributed by atoms with Gasteiger partial charge in [-0.25, -0.2) is 0 Å². The highest BCUT2D eigenvalue weighted by molar-refractivity contribution is 7.10. The van der Waals surface area contributed by atoms with Gasteiger partial charge in [0.2, 0.25) is 11.8 Å². The lowest BCUT2D eigenvalue weighted by atomic mass is 9.97. The minimum absolute atomic E-state index is 0.0118. The smallest absolute Gasteiger partial charge is 0.251 e. The standard InChI is InChI=1S/C28H29N5O4S/c29-26(30)19-13-23(38-16-19)14-31-28(36)25-18-6-9-20(12-18)33(25)24(34)15-32-27(35)17-7-10-22(11-8-17)37-21-4-2-1-3-5-21/h1-5,7-8,10-11,13,16,18,20,25H,6,9,12,14-15H2,(H3,29,30)(H,31,36)(H,32,35)/t18-,20+,25+/m0/s1. The van der Waals surface area contributed by atoms with Crippen molar-refractivity contribution in [3.8, 4) is 11.5 Å². The number of piperidine rings is 1. The highest BCUT2D eigenvalue weighted by Crippen LogP contribution is 2.42. The van der Waals surface area contributed by atoms with Crippen LogP contribution in [-0.4, -0.2) is 47.1 Å². The average Bonchev–Trinajstić information content (AvgIpc) is 3.68. The fraction of sp³-hybridized carbons (Fsp3) is 0.286. The van der Waals surface area contributed by atoms with E-state index in [4.69, 9.17) is 15.9 Å². The number of thiophene rings is 1. The number of carbonyl (C=O) groups excluding carboxylic acids is 3. The first kappa shape index (κ1) is 25.5. The molecule has 5 N–H and O–H groups in total. The molecule has 196 valence electrons. The summed E-state index contributed by atoms with van der Waals surface area (Å²) in [5.41, 5.74) is 6.56. The predicted octanol–water partition coefficient (Wildman–Crippen LogP) is 3.25. The molecule has 2 aromatic carbocycles. The third kappa shape index (κ3) is 5.55. The highest BCUT2D eigenvalue weighted by atomic mass is 32.1. The van der Waals surface area contributed by atoms with Gasteiger partial charge < -0.3 is 26.0 Å². The summed E-state index contributed by atoms with van der Waals surface area (Å²) in [5.74, 6) is 0.591. The molecule has 3 aromatic rings. The van der Waals surface area contributed by atoms with Gasteiger partial charge in [0.15, 0.2) is 0 Å². The molecule has 3 amide bonds. The van der Waals surface area contributed by atoms with Crippen LogP contribution in [0.2, 0.25) is 0 Å². The fourth-order valence-electron chi connectivity index (χ4n) is 5.23. The molecule has 2 fully saturated rings. The summed E-state index contributed by atoms with van der Waals surface area (Å²) in [4.78, 5) is 41.5. The molecule has 38 heavy (non-hydrogen) atoms. The van der Waals surface area contributed by atoms with Crippen LogP contribution in [0.25, 0.3) is 0 Å². The number of amides is 3. The third-order valence-electron chi connectivity index (χ3n) is 7.04. The number of hydrogen-bond acceptors (Lipinski definition) is 6. The summed E-state index contributed by atoms with van der Waals surface area (Å²) in [6, 6.07) is 17.3. The SMILES string of the molecule is N=C(N)c1csc(CNC(=O)[C@H]2[C@H]3CC[C@H](C3)N2C(=O)CNC(=O)c2ccc(Oc3ccccc3)cc2)c1. The topological polar surface area (TPSA) is 138 Å². The Kier molecular flexibility index (Phi) is 7.41. The van der Waals surface area contributed by atoms with E-state index in [9.17, 15) is 14.4 Å². The van der Waals surface area contributed by atoms with E-state index < -0.39 is 6.04 Å². The molecule has 5 rings (SSSR count). The van der Waals surface area contributed by atoms with Gasteiger partial charge in [-0.2, -0.15) is 0 Å². The Labute approximate surface area is 224 Å². The van der Waals surface area contributed by atoms with Gasteiger partial charge in [0.05, 0.1) is 13.1 Å². The summed E-state index contributed by atoms with van der Waals surface area (Å²) in [6.45, 7) is 0.133. The number of benzene rings is 2. The van der Waals surface area contributed by atoms with Crippen LogP contribution >= 0.6 is 11.3 Å². The van der Waals surface area contributed by atoms with E-state index in [2.05, 4.69) is 10.6 Å². The Morgan fingerprint density at radius 1 is 1.00 bits per heavy atom. The van der Waals surface area contributed by atoms with Gasteiger partial charge in [0.25, 0.3) is 5.91 Å². The molecule has 0 unspecified atom stereocenters. The molecular formula is C28H29N5O4S. The van der Waals surface area contributed by atoms with Gasteiger partial charge in [0, 0.05) is 27.4 Å². The van der Waals surface area contributed by atoms with Crippen LogP contribution in [0, 0.1) is 11.3 Å². The second-order valence-corrected chi connectivity index (χ2v) is 10.5. The highest BCUT2D eigenvalue weighted by Gasteiger charge is 2.51. The molecule has 1 saturated carbocycles. The van der Waals surface area contributed by atoms with Crippen molar-refractivity contribution in [2.75, 3.05) is 6.54 Å². The van der Waals surface area contributed by atoms with E-state index in [1.165, 1.54) is 11.3 Å². The van der Waals surface area contributed by atoms with Gasteiger partial charge in [0.1, 0.15) is 23.4 Å². The molecule has 1 saturated heterocycles. The van der Waals surface area contributed by atoms with Crippen LogP contribution in [-0.2, 0) is 16.1 Å². The van der Waals surface area contributed by atoms with Gasteiger partial charge in [-0.1, -0.05) is 18.2 Å². The largest absolute Gasteiger partial charge is 0.457 e. The molecule has 2 bridgehead atoms. The zero-order chi connectivity index (χ0) is 26.6. The first-order valence-electron chi connectivity index (χ1n) is 12.5. The van der Waals surface area contributed by atoms with E-state index in [0.717, 1.165) is 24.1 Å². The van der Waals surface area contributed by atoms with Crippen molar-refractivity contribution >= 4 is 34.9 Å². The number of nitrogen functional groups attached to an aromatic ring is 1. The normalized spacial score (nSPS) is 19.7. The Morgan fingerprint density at radius 2 is 1.74 bits per heavy atom. The summed E-state index contributed by atoms with van der Waals surface area (Å²) < 4.78 is 5.76. The molecule has 1 aromatic heterocycles. The van der Waals surface area contributed by atoms with E-state index in [1.54, 1.807) is 40.6 Å². The summed E-state index contributed by atoms with van der Waals surface area (Å²) in [6.07, 6.45) is 2.57. The van der Waals surface area contributed by atoms with Crippen LogP contribution in [0.15, 0.2) is 66.0 Å². The van der Waals surface area contributed by atoms with E-state index in [1.807, 2.05) is 30.3 Å². The molecule has 1 aliphatic carbocycles. The summed E-state index contributed by atoms with van der Waals surface area (Å²) in [5, 5.41) is 15.0. The zero-order valence-corrected chi connectivity index (χ0v) is 21.5. The quantitative estimate of drug-likeness (QED) is 0.248. The molecule has 2 heterocycles. The van der Waals surface area contributed by atoms with Crippen molar-refractivity contribution < 1.29 is 19.1 Å². The van der Waals surface area contributed by atoms with E-state index >= 15 is 0 Å². The van der Waals surface area contributed by atoms with Crippen molar-refractivity contribution in [2.24, 2.45) is 11.7 Å². The van der Waals surface area contributed by atoms with Crippen LogP contribution in [0.3, 0.4) is 0 Å². The number of para-hydroxylation sites is 1. The number of rotatable bonds is 9. The van der Waals surface area contributed by atoms with E-state index in [0.29, 0.717) is 29.2 Å². The van der Waals surface area contributed by atoms with Crippen molar-refractivity contribution in [1.82, 2.24) is 15.5 Å². The maximum atomic E-state index is 13.2. The lowest BCUT2D eigenvalue weighted by Crippen LogP contribution is -2.54. The Bertz CT molecular complexity index is 1340. The lowest BCUT2D eigenvalue weighted by Gasteiger charge is -2.34. The lowest BCUT2D eigenvalue weighted by molar-refractivity contribution is -0.142. The van der Waals surface area contributed by atoms with Crippen molar-refractivity contribution in [1.29, 1.82) is 5.41 Å². The number of likely N-dealkylation sites (tertiary alicyclic amines) is 1. The monoisotopic (exact) mass is 531 g/mol. The van der Waals surface area contributed by atoms with Crippen LogP contribution in [0.5, 0.6) is 11.5 Å². The molecule has 10 heteroatoms. The van der Waals surface area contributed by atoms with Gasteiger partial charge >= 0.3 is 0 Å². The first-order chi connectivity index (χ1) is 18.4. The van der Waals surface area contributed by atoms with Crippen LogP contribution in [0.4, 0.5) is 0 Å². The number of nitrogens with two attached hydrogens (primary N) is 1. The maximum absolute atomic E-state index is 13.2. The molecule has 1 aliphatic heterocycles. The minimum atomic E-state index is -0.542. The van der Waals surface area contributed by atoms with Crippen molar-refractivity contribution in [3.05, 3.63) is 82.0 Å². The number of nitrogens with one attached hydrogen (secondary N) is 3. The number of nitrogens with zero attached hydrogens (tertiary/aromatic N) is 1. The molecular weight excluding hydrogens is 502 g/mol. The van der Waals surface area contributed by atoms with Crippen molar-refractivity contribution in [2.45, 2.75) is 37.9 Å². The molecule has 3 atom stereocenters. The van der Waals surface area contributed by atoms with Gasteiger partial charge in [-0.05, 0) is 67.6 Å². The third-order valence-corrected chi connectivity index (χ3v) is 7.98. The Balaban J connectivity index is 1.16. The minimum Gasteiger partial charge on any atom is -0.457 e. The average molecular weight is 532 g/mol. The maximum Gasteiger partial charge on any atom is 0.251 e. The fourth-order valence-corrected chi connectivity index (χ4v) is 6.05. The Hall–Kier alpha value is -4.18. The van der Waals surface area contributed by atoms with Gasteiger partial charge in [-0.15, -0.1) is 11.3 Å². The van der Waals surface area contributed by atoms with Gasteiger partial charge in [-0.3, -0.25) is 19.8 Å². The van der Waals surface area contributed by atoms with Crippen LogP contribution < -0.4 is 21.1 Å². The molecule has 2 aliphatic rings. The number of carbonyl (C=O) groups is 3. The summed E-state index contributed by atoms with van der Waals surface area (Å²) >= 11 is 1.42. The predicted molar refractivity (Wildman–Crippen MR) is 144 cm³/mol. The molecule has 0 radical (unpaired) electrons. The van der Waals surface area contributed by atoms with Crippen molar-refractivity contribution in [3.63, 3.8) is 0 Å². The van der Waals surface area contributed by atoms with E-state index in [-0.39, 0.29) is 42.1 Å². The Morgan fingerprint density at radius 3 is 2.45 bits per heavy atom. The first-order valence-corrected chi connectivity index (χ1v) is 13.4. The summed E-state index contributed by atoms with van der Waals surface area (Å²) in [7, 11) is 0. The molecule has 0 spiro atoms. The zero-order valence-electron chi connectivity index (χ0n) is 20.7. The number of hydrogen-bond donors (Lipinski definition) is 4. The number of ether oxygens (including phenoxy) is 1. The number of amidine groups is 1. The van der Waals surface area contributed by atoms with Crippen LogP contribution in [0.1, 0.15) is 40.1 Å². The second kappa shape index (κ2) is 11.1. The number of fused-ring (bicyclic) bond motifs is 2.